The third kappa shape index (κ3) is 15.1. The van der Waals surface area contributed by atoms with Gasteiger partial charge in [0, 0.05) is 82.9 Å². The standard InChI is InChI=1S/C56H51BN2O3S4.C55H51BN2O2S4/c1-32-23-34(3)51(35(4)24-32)57(52-36(5)25-33(2)26-37(52)6)47-29-49(65-55(47)56-58(57)30-46(31-60)63-56)48-27-39(8)54(64-48)50-28-38(7)53(66-50)40-11-13-41(14-12-40)59(42-15-19-44(61-9)20-16-42)43-17-21-45(62-10)22-18-43;1-32-25-34(3)50(35(4)26-32)56(51-36(5)27-33(2)28-37(51)6)46-31-48(63-54(46)55-57(56)23-24-61-55)47-29-39(8)53(62-47)49-30-38(7)52(64-49)40-11-13-41(14-12-40)58(42-15-19-44(59-9)20-16-42)43-17-21-45(60-10)22-18-43/h11-31H,1-10H3;11-31H,1-10H3. The van der Waals surface area contributed by atoms with Gasteiger partial charge in [0.1, 0.15) is 40.3 Å². The molecule has 0 radical (unpaired) electrons. The number of thiophene rings is 6. The average Bonchev–Trinajstić information content (AvgIpc) is 1.52. The van der Waals surface area contributed by atoms with Crippen LogP contribution in [-0.4, -0.2) is 47.3 Å². The first-order valence-electron chi connectivity index (χ1n) is 44.0. The Morgan fingerprint density at radius 3 is 0.846 bits per heavy atom. The van der Waals surface area contributed by atoms with Gasteiger partial charge in [0.15, 0.2) is 6.29 Å². The van der Waals surface area contributed by atoms with Gasteiger partial charge in [-0.05, 0) is 290 Å². The van der Waals surface area contributed by atoms with Gasteiger partial charge in [-0.2, -0.15) is 0 Å². The fourth-order valence-corrected chi connectivity index (χ4v) is 31.6. The highest BCUT2D eigenvalue weighted by Crippen LogP contribution is 2.52. The van der Waals surface area contributed by atoms with Crippen molar-refractivity contribution in [3.63, 3.8) is 0 Å². The number of rotatable bonds is 21. The average molecular weight is 1850 g/mol. The second-order valence-electron chi connectivity index (χ2n) is 35.3. The van der Waals surface area contributed by atoms with E-state index in [1.165, 1.54) is 196 Å². The van der Waals surface area contributed by atoms with Crippen LogP contribution in [0.3, 0.4) is 0 Å². The van der Waals surface area contributed by atoms with Gasteiger partial charge < -0.3 is 37.7 Å². The summed E-state index contributed by atoms with van der Waals surface area (Å²) in [4.78, 5) is 33.6. The fourth-order valence-electron chi connectivity index (χ4n) is 21.6. The normalized spacial score (nSPS) is 12.6. The lowest BCUT2D eigenvalue weighted by Crippen LogP contribution is -2.84. The van der Waals surface area contributed by atoms with Crippen LogP contribution >= 0.6 is 90.7 Å². The maximum atomic E-state index is 12.6. The summed E-state index contributed by atoms with van der Waals surface area (Å²) in [5.74, 6) is 3.30. The van der Waals surface area contributed by atoms with E-state index in [2.05, 4.69) is 329 Å². The number of aromatic nitrogens is 2. The molecule has 2 aliphatic heterocycles. The molecular formula is C111H102B2N4O5S8. The van der Waals surface area contributed by atoms with Crippen LogP contribution in [0.25, 0.3) is 79.7 Å². The number of hydrogen-bond acceptors (Lipinski definition) is 15. The number of methoxy groups -OCH3 is 4. The van der Waals surface area contributed by atoms with E-state index >= 15 is 0 Å². The number of nitrogens with zero attached hydrogens (tertiary/aromatic N) is 4. The minimum Gasteiger partial charge on any atom is -0.497 e. The maximum absolute atomic E-state index is 12.6. The highest BCUT2D eigenvalue weighted by atomic mass is 32.1. The van der Waals surface area contributed by atoms with Crippen molar-refractivity contribution < 1.29 is 32.7 Å². The molecule has 0 N–H and O–H groups in total. The Morgan fingerprint density at radius 2 is 0.538 bits per heavy atom. The zero-order chi connectivity index (χ0) is 90.8. The minimum absolute atomic E-state index is 0.751. The van der Waals surface area contributed by atoms with E-state index in [1.807, 2.05) is 128 Å². The molecule has 0 atom stereocenters. The third-order valence-corrected chi connectivity index (χ3v) is 36.8. The number of fused-ring (bicyclic) bond motifs is 6. The van der Waals surface area contributed by atoms with E-state index in [4.69, 9.17) is 18.9 Å². The van der Waals surface area contributed by atoms with Crippen molar-refractivity contribution in [2.45, 2.75) is 111 Å². The van der Waals surface area contributed by atoms with Crippen molar-refractivity contribution in [3.05, 3.63) is 342 Å². The van der Waals surface area contributed by atoms with E-state index in [-0.39, 0.29) is 0 Å². The van der Waals surface area contributed by atoms with Crippen molar-refractivity contribution in [1.29, 1.82) is 0 Å². The summed E-state index contributed by atoms with van der Waals surface area (Å²) in [6.45, 7) is 36.3. The second kappa shape index (κ2) is 34.8. The lowest BCUT2D eigenvalue weighted by Gasteiger charge is -2.38. The number of thiazole rings is 2. The van der Waals surface area contributed by atoms with Crippen LogP contribution in [0.5, 0.6) is 23.0 Å². The SMILES string of the molecule is COc1ccc(N(c2ccc(OC)cc2)c2ccc(-c3sc(-c4sc(-c5cc6c(s5)-c5sc(C=O)c[n+]5[B-]6(c5c(C)cc(C)cc5C)c5c(C)cc(C)cc5C)cc4C)cc3C)cc2)cc1.COc1ccc(N(c2ccc(OC)cc2)c2ccc(-c3sc(-c4sc(-c5cc6c(s5)-c5scc[n+]5[B-]6(c5c(C)cc(C)cc5C)c5c(C)cc(C)cc5C)cc4C)cc3C)cc2)cc1. The topological polar surface area (TPSA) is 68.2 Å². The molecule has 650 valence electrons. The van der Waals surface area contributed by atoms with Gasteiger partial charge in [-0.25, -0.2) is 0 Å². The van der Waals surface area contributed by atoms with Gasteiger partial charge in [-0.1, -0.05) is 174 Å². The molecule has 0 spiro atoms. The first-order valence-corrected chi connectivity index (χ1v) is 50.6. The van der Waals surface area contributed by atoms with Crippen LogP contribution in [0.15, 0.2) is 248 Å². The Bertz CT molecular complexity index is 7140. The summed E-state index contributed by atoms with van der Waals surface area (Å²) in [5, 5.41) is 4.82. The number of carbonyl (C=O) groups excluding carboxylic acids is 1. The van der Waals surface area contributed by atoms with Crippen molar-refractivity contribution in [3.8, 4) is 103 Å². The van der Waals surface area contributed by atoms with Gasteiger partial charge in [0.2, 0.25) is 10.0 Å². The zero-order valence-electron chi connectivity index (χ0n) is 77.0. The predicted molar refractivity (Wildman–Crippen MR) is 562 cm³/mol. The van der Waals surface area contributed by atoms with E-state index in [9.17, 15) is 4.79 Å². The lowest BCUT2D eigenvalue weighted by molar-refractivity contribution is -0.519. The summed E-state index contributed by atoms with van der Waals surface area (Å²) >= 11 is 14.9. The zero-order valence-corrected chi connectivity index (χ0v) is 83.5. The molecule has 0 unspecified atom stereocenters. The number of anilines is 6. The monoisotopic (exact) mass is 1850 g/mol. The van der Waals surface area contributed by atoms with Gasteiger partial charge >= 0.3 is 12.6 Å². The summed E-state index contributed by atoms with van der Waals surface area (Å²) in [5.41, 5.74) is 38.1. The quantitative estimate of drug-likeness (QED) is 0.0524. The molecule has 8 aromatic heterocycles. The van der Waals surface area contributed by atoms with Crippen molar-refractivity contribution in [2.75, 3.05) is 38.2 Å². The first-order chi connectivity index (χ1) is 62.7. The van der Waals surface area contributed by atoms with Gasteiger partial charge in [-0.15, -0.1) is 101 Å². The van der Waals surface area contributed by atoms with E-state index in [1.54, 1.807) is 39.8 Å². The molecule has 20 rings (SSSR count). The molecule has 2 aliphatic rings. The van der Waals surface area contributed by atoms with Crippen molar-refractivity contribution in [1.82, 2.24) is 0 Å². The molecule has 0 aliphatic carbocycles. The first kappa shape index (κ1) is 87.6. The molecule has 0 saturated carbocycles. The largest absolute Gasteiger partial charge is 0.497 e. The van der Waals surface area contributed by atoms with Crippen LogP contribution in [0.1, 0.15) is 98.7 Å². The molecule has 10 heterocycles. The molecule has 0 bridgehead atoms. The fraction of sp³-hybridized carbons (Fsp3) is 0.180. The van der Waals surface area contributed by atoms with Crippen molar-refractivity contribution >= 4 is 176 Å². The van der Waals surface area contributed by atoms with Gasteiger partial charge in [0.25, 0.3) is 0 Å². The minimum atomic E-state index is -1.69. The Labute approximate surface area is 796 Å². The Morgan fingerprint density at radius 1 is 0.277 bits per heavy atom. The van der Waals surface area contributed by atoms with Gasteiger partial charge in [-0.3, -0.25) is 4.79 Å². The number of aldehydes is 1. The van der Waals surface area contributed by atoms with Crippen molar-refractivity contribution in [2.24, 2.45) is 0 Å². The molecule has 19 heteroatoms. The van der Waals surface area contributed by atoms with Crippen LogP contribution in [0, 0.1) is 111 Å². The highest BCUT2D eigenvalue weighted by Gasteiger charge is 2.57. The summed E-state index contributed by atoms with van der Waals surface area (Å²) in [7, 11) is 6.78. The number of aryl methyl sites for hydroxylation is 16. The predicted octanol–water partition coefficient (Wildman–Crippen LogP) is 27.2. The molecule has 9 nitrogen and oxygen atoms in total. The Hall–Kier alpha value is -11.7. The number of carbonyl (C=O) groups is 1. The molecule has 0 fully saturated rings. The molecule has 130 heavy (non-hydrogen) atoms. The summed E-state index contributed by atoms with van der Waals surface area (Å²) in [6, 6.07) is 84.2. The number of hydrogen-bond donors (Lipinski definition) is 0. The summed E-state index contributed by atoms with van der Waals surface area (Å²) in [6.07, 6.45) is 2.33. The lowest BCUT2D eigenvalue weighted by atomic mass is 9.23. The molecule has 10 aromatic carbocycles. The second-order valence-corrected chi connectivity index (χ2v) is 43.6. The van der Waals surface area contributed by atoms with Crippen LogP contribution in [-0.2, 0) is 0 Å². The number of benzene rings is 10. The van der Waals surface area contributed by atoms with Crippen LogP contribution < -0.4 is 70.5 Å². The van der Waals surface area contributed by atoms with E-state index in [0.29, 0.717) is 0 Å². The van der Waals surface area contributed by atoms with Crippen LogP contribution in [0.4, 0.5) is 34.1 Å². The van der Waals surface area contributed by atoms with Gasteiger partial charge in [0.05, 0.1) is 43.6 Å². The van der Waals surface area contributed by atoms with E-state index in [0.717, 1.165) is 73.3 Å². The summed E-state index contributed by atoms with van der Waals surface area (Å²) < 4.78 is 27.1. The molecule has 0 amide bonds. The Balaban J connectivity index is 0.000000169. The Kier molecular flexibility index (Phi) is 23.5. The maximum Gasteiger partial charge on any atom is 0.363 e. The number of ether oxygens (including phenoxy) is 4. The molecule has 18 aromatic rings. The molecular weight excluding hydrogens is 1750 g/mol. The van der Waals surface area contributed by atoms with Crippen LogP contribution in [0.2, 0.25) is 0 Å². The highest BCUT2D eigenvalue weighted by molar-refractivity contribution is 7.32. The van der Waals surface area contributed by atoms with E-state index < -0.39 is 12.6 Å². The molecule has 0 saturated heterocycles. The third-order valence-electron chi connectivity index (χ3n) is 26.4. The smallest absolute Gasteiger partial charge is 0.363 e.